The summed E-state index contributed by atoms with van der Waals surface area (Å²) in [6.07, 6.45) is 6.84. The number of aryl methyl sites for hydroxylation is 1. The fraction of sp³-hybridized carbons (Fsp3) is 0.647. The summed E-state index contributed by atoms with van der Waals surface area (Å²) in [5.74, 6) is 1.78. The van der Waals surface area contributed by atoms with Crippen molar-refractivity contribution in [1.82, 2.24) is 5.32 Å². The van der Waals surface area contributed by atoms with E-state index in [1.54, 1.807) is 7.11 Å². The third-order valence-corrected chi connectivity index (χ3v) is 4.27. The van der Waals surface area contributed by atoms with Crippen LogP contribution in [0, 0.1) is 12.8 Å². The zero-order valence-electron chi connectivity index (χ0n) is 12.5. The van der Waals surface area contributed by atoms with Crippen molar-refractivity contribution in [1.29, 1.82) is 0 Å². The van der Waals surface area contributed by atoms with Crippen molar-refractivity contribution in [3.8, 4) is 5.75 Å². The molecule has 19 heavy (non-hydrogen) atoms. The second-order valence-electron chi connectivity index (χ2n) is 5.68. The fourth-order valence-electron chi connectivity index (χ4n) is 3.31. The predicted octanol–water partition coefficient (Wildman–Crippen LogP) is 4.23. The van der Waals surface area contributed by atoms with Crippen LogP contribution >= 0.6 is 0 Å². The molecule has 1 saturated carbocycles. The molecule has 1 unspecified atom stereocenters. The monoisotopic (exact) mass is 261 g/mol. The van der Waals surface area contributed by atoms with E-state index in [0.717, 1.165) is 18.2 Å². The zero-order valence-corrected chi connectivity index (χ0v) is 12.5. The standard InChI is InChI=1S/C17H27NO/c1-4-18-17(14-8-6-5-7-9-14)15-12-13(2)10-11-16(15)19-3/h10-12,14,17-18H,4-9H2,1-3H3. The number of hydrogen-bond donors (Lipinski definition) is 1. The molecule has 1 aliphatic carbocycles. The van der Waals surface area contributed by atoms with Crippen molar-refractivity contribution in [2.24, 2.45) is 5.92 Å². The van der Waals surface area contributed by atoms with E-state index < -0.39 is 0 Å². The maximum atomic E-state index is 5.58. The van der Waals surface area contributed by atoms with Gasteiger partial charge >= 0.3 is 0 Å². The van der Waals surface area contributed by atoms with Gasteiger partial charge in [0.15, 0.2) is 0 Å². The van der Waals surface area contributed by atoms with Crippen molar-refractivity contribution in [3.05, 3.63) is 29.3 Å². The van der Waals surface area contributed by atoms with Gasteiger partial charge in [-0.3, -0.25) is 0 Å². The first-order valence-corrected chi connectivity index (χ1v) is 7.64. The van der Waals surface area contributed by atoms with Gasteiger partial charge in [0.2, 0.25) is 0 Å². The van der Waals surface area contributed by atoms with Crippen molar-refractivity contribution in [3.63, 3.8) is 0 Å². The summed E-state index contributed by atoms with van der Waals surface area (Å²) < 4.78 is 5.58. The van der Waals surface area contributed by atoms with Gasteiger partial charge < -0.3 is 10.1 Å². The molecule has 0 heterocycles. The highest BCUT2D eigenvalue weighted by Gasteiger charge is 2.26. The van der Waals surface area contributed by atoms with Crippen LogP contribution in [0.4, 0.5) is 0 Å². The summed E-state index contributed by atoms with van der Waals surface area (Å²) in [5.41, 5.74) is 2.66. The molecule has 2 heteroatoms. The highest BCUT2D eigenvalue weighted by Crippen LogP contribution is 2.38. The van der Waals surface area contributed by atoms with Gasteiger partial charge in [0.25, 0.3) is 0 Å². The molecular weight excluding hydrogens is 234 g/mol. The Kier molecular flexibility index (Phi) is 5.26. The number of ether oxygens (including phenoxy) is 1. The molecule has 1 fully saturated rings. The van der Waals surface area contributed by atoms with Gasteiger partial charge in [-0.25, -0.2) is 0 Å². The Labute approximate surface area is 117 Å². The second-order valence-corrected chi connectivity index (χ2v) is 5.68. The Bertz CT molecular complexity index is 396. The molecule has 1 aromatic rings. The van der Waals surface area contributed by atoms with Crippen LogP contribution in [0.25, 0.3) is 0 Å². The molecule has 1 N–H and O–H groups in total. The van der Waals surface area contributed by atoms with Gasteiger partial charge in [0, 0.05) is 11.6 Å². The summed E-state index contributed by atoms with van der Waals surface area (Å²) in [5, 5.41) is 3.69. The molecule has 0 amide bonds. The molecule has 2 rings (SSSR count). The van der Waals surface area contributed by atoms with Crippen LogP contribution in [0.2, 0.25) is 0 Å². The largest absolute Gasteiger partial charge is 0.496 e. The summed E-state index contributed by atoms with van der Waals surface area (Å²) in [6.45, 7) is 5.36. The topological polar surface area (TPSA) is 21.3 Å². The molecule has 1 aromatic carbocycles. The van der Waals surface area contributed by atoms with E-state index in [-0.39, 0.29) is 0 Å². The molecule has 0 bridgehead atoms. The molecule has 0 aromatic heterocycles. The van der Waals surface area contributed by atoms with Gasteiger partial charge in [-0.1, -0.05) is 43.9 Å². The number of benzene rings is 1. The van der Waals surface area contributed by atoms with Gasteiger partial charge in [-0.05, 0) is 38.3 Å². The SMILES string of the molecule is CCNC(c1cc(C)ccc1OC)C1CCCCC1. The maximum Gasteiger partial charge on any atom is 0.123 e. The summed E-state index contributed by atoms with van der Waals surface area (Å²) in [7, 11) is 1.78. The lowest BCUT2D eigenvalue weighted by Crippen LogP contribution is -2.30. The van der Waals surface area contributed by atoms with Gasteiger partial charge in [0.05, 0.1) is 7.11 Å². The normalized spacial score (nSPS) is 18.3. The van der Waals surface area contributed by atoms with E-state index >= 15 is 0 Å². The first-order valence-electron chi connectivity index (χ1n) is 7.64. The Morgan fingerprint density at radius 1 is 1.26 bits per heavy atom. The molecule has 0 radical (unpaired) electrons. The van der Waals surface area contributed by atoms with Gasteiger partial charge in [-0.15, -0.1) is 0 Å². The molecule has 1 atom stereocenters. The Balaban J connectivity index is 2.28. The highest BCUT2D eigenvalue weighted by atomic mass is 16.5. The highest BCUT2D eigenvalue weighted by molar-refractivity contribution is 5.39. The van der Waals surface area contributed by atoms with E-state index in [1.807, 2.05) is 0 Å². The Hall–Kier alpha value is -1.02. The molecule has 106 valence electrons. The minimum absolute atomic E-state index is 0.445. The average Bonchev–Trinajstić information content (AvgIpc) is 2.45. The maximum absolute atomic E-state index is 5.58. The van der Waals surface area contributed by atoms with E-state index in [0.29, 0.717) is 6.04 Å². The average molecular weight is 261 g/mol. The summed E-state index contributed by atoms with van der Waals surface area (Å²) >= 11 is 0. The van der Waals surface area contributed by atoms with Crippen LogP contribution in [-0.4, -0.2) is 13.7 Å². The lowest BCUT2D eigenvalue weighted by molar-refractivity contribution is 0.268. The van der Waals surface area contributed by atoms with Crippen LogP contribution in [-0.2, 0) is 0 Å². The number of methoxy groups -OCH3 is 1. The Morgan fingerprint density at radius 2 is 2.00 bits per heavy atom. The minimum Gasteiger partial charge on any atom is -0.496 e. The van der Waals surface area contributed by atoms with Crippen molar-refractivity contribution in [2.75, 3.05) is 13.7 Å². The van der Waals surface area contributed by atoms with Crippen LogP contribution in [0.15, 0.2) is 18.2 Å². The van der Waals surface area contributed by atoms with E-state index in [2.05, 4.69) is 37.4 Å². The van der Waals surface area contributed by atoms with Crippen LogP contribution in [0.3, 0.4) is 0 Å². The summed E-state index contributed by atoms with van der Waals surface area (Å²) in [6, 6.07) is 6.98. The third kappa shape index (κ3) is 3.50. The quantitative estimate of drug-likeness (QED) is 0.856. The predicted molar refractivity (Wildman–Crippen MR) is 80.7 cm³/mol. The first kappa shape index (κ1) is 14.4. The number of hydrogen-bond acceptors (Lipinski definition) is 2. The van der Waals surface area contributed by atoms with Crippen LogP contribution < -0.4 is 10.1 Å². The molecule has 1 aliphatic rings. The first-order chi connectivity index (χ1) is 9.26. The second kappa shape index (κ2) is 6.95. The zero-order chi connectivity index (χ0) is 13.7. The van der Waals surface area contributed by atoms with Gasteiger partial charge in [0.1, 0.15) is 5.75 Å². The van der Waals surface area contributed by atoms with E-state index in [9.17, 15) is 0 Å². The smallest absolute Gasteiger partial charge is 0.123 e. The molecule has 0 aliphatic heterocycles. The summed E-state index contributed by atoms with van der Waals surface area (Å²) in [4.78, 5) is 0. The van der Waals surface area contributed by atoms with E-state index in [1.165, 1.54) is 43.2 Å². The fourth-order valence-corrected chi connectivity index (χ4v) is 3.31. The molecule has 2 nitrogen and oxygen atoms in total. The number of rotatable bonds is 5. The van der Waals surface area contributed by atoms with Crippen molar-refractivity contribution >= 4 is 0 Å². The van der Waals surface area contributed by atoms with Gasteiger partial charge in [-0.2, -0.15) is 0 Å². The molecular formula is C17H27NO. The van der Waals surface area contributed by atoms with Crippen LogP contribution in [0.1, 0.15) is 56.2 Å². The van der Waals surface area contributed by atoms with Crippen LogP contribution in [0.5, 0.6) is 5.75 Å². The number of nitrogens with one attached hydrogen (secondary N) is 1. The lowest BCUT2D eigenvalue weighted by Gasteiger charge is -2.32. The molecule has 0 spiro atoms. The third-order valence-electron chi connectivity index (χ3n) is 4.27. The van der Waals surface area contributed by atoms with Crippen molar-refractivity contribution in [2.45, 2.75) is 52.0 Å². The lowest BCUT2D eigenvalue weighted by atomic mass is 9.80. The van der Waals surface area contributed by atoms with E-state index in [4.69, 9.17) is 4.74 Å². The van der Waals surface area contributed by atoms with Crippen molar-refractivity contribution < 1.29 is 4.74 Å². The Morgan fingerprint density at radius 3 is 2.63 bits per heavy atom. The molecule has 0 saturated heterocycles. The minimum atomic E-state index is 0.445.